The van der Waals surface area contributed by atoms with Crippen LogP contribution < -0.4 is 5.32 Å². The molecule has 4 nitrogen and oxygen atoms in total. The molecule has 98 valence electrons. The van der Waals surface area contributed by atoms with Gasteiger partial charge < -0.3 is 5.32 Å². The number of anilines is 1. The van der Waals surface area contributed by atoms with Gasteiger partial charge in [0.05, 0.1) is 6.04 Å². The van der Waals surface area contributed by atoms with E-state index in [9.17, 15) is 0 Å². The Morgan fingerprint density at radius 2 is 2.26 bits per heavy atom. The molecule has 0 fully saturated rings. The van der Waals surface area contributed by atoms with Crippen molar-refractivity contribution >= 4 is 22.9 Å². The smallest absolute Gasteiger partial charge is 0.243 e. The summed E-state index contributed by atoms with van der Waals surface area (Å²) in [5.41, 5.74) is 0.867. The van der Waals surface area contributed by atoms with Crippen LogP contribution in [-0.4, -0.2) is 14.6 Å². The van der Waals surface area contributed by atoms with Gasteiger partial charge in [0, 0.05) is 11.1 Å². The van der Waals surface area contributed by atoms with E-state index in [1.54, 1.807) is 15.9 Å². The van der Waals surface area contributed by atoms with E-state index in [0.717, 1.165) is 18.5 Å². The van der Waals surface area contributed by atoms with Gasteiger partial charge in [-0.1, -0.05) is 25.5 Å². The minimum atomic E-state index is 0.294. The monoisotopic (exact) mass is 272 g/mol. The van der Waals surface area contributed by atoms with Crippen molar-refractivity contribution < 1.29 is 0 Å². The summed E-state index contributed by atoms with van der Waals surface area (Å²) in [6.45, 7) is 2.19. The molecule has 0 aliphatic heterocycles. The molecular formula is C14H16N4S. The predicted molar refractivity (Wildman–Crippen MR) is 78.6 cm³/mol. The largest absolute Gasteiger partial charge is 0.345 e. The fourth-order valence-corrected chi connectivity index (χ4v) is 2.92. The second-order valence-electron chi connectivity index (χ2n) is 4.44. The van der Waals surface area contributed by atoms with E-state index in [1.807, 2.05) is 24.4 Å². The molecule has 1 N–H and O–H groups in total. The van der Waals surface area contributed by atoms with Crippen LogP contribution in [0.15, 0.2) is 41.9 Å². The predicted octanol–water partition coefficient (Wildman–Crippen LogP) is 3.74. The molecule has 3 heterocycles. The average molecular weight is 272 g/mol. The fraction of sp³-hybridized carbons (Fsp3) is 0.286. The van der Waals surface area contributed by atoms with E-state index in [2.05, 4.69) is 39.8 Å². The van der Waals surface area contributed by atoms with Gasteiger partial charge >= 0.3 is 0 Å². The van der Waals surface area contributed by atoms with Crippen LogP contribution in [0.5, 0.6) is 0 Å². The number of aromatic nitrogens is 3. The number of pyridine rings is 1. The standard InChI is InChI=1S/C14H16N4S/c1-2-6-11(12-7-5-10-19-12)15-14-16-13-8-3-4-9-18(13)17-14/h3-5,7-11H,2,6H2,1H3,(H,15,17). The van der Waals surface area contributed by atoms with Gasteiger partial charge in [-0.15, -0.1) is 16.4 Å². The lowest BCUT2D eigenvalue weighted by Crippen LogP contribution is -2.10. The molecule has 0 saturated heterocycles. The Morgan fingerprint density at radius 3 is 3.00 bits per heavy atom. The third-order valence-corrected chi connectivity index (χ3v) is 3.99. The second kappa shape index (κ2) is 5.40. The SMILES string of the molecule is CCCC(Nc1nc2ccccn2n1)c1cccs1. The molecule has 0 bridgehead atoms. The lowest BCUT2D eigenvalue weighted by Gasteiger charge is -2.14. The number of thiophene rings is 1. The summed E-state index contributed by atoms with van der Waals surface area (Å²) in [4.78, 5) is 5.82. The molecular weight excluding hydrogens is 256 g/mol. The normalized spacial score (nSPS) is 12.7. The van der Waals surface area contributed by atoms with Crippen LogP contribution in [0.1, 0.15) is 30.7 Å². The van der Waals surface area contributed by atoms with Crippen molar-refractivity contribution in [2.75, 3.05) is 5.32 Å². The molecule has 0 aliphatic rings. The van der Waals surface area contributed by atoms with Crippen molar-refractivity contribution in [1.82, 2.24) is 14.6 Å². The van der Waals surface area contributed by atoms with Crippen LogP contribution in [0.3, 0.4) is 0 Å². The number of hydrogen-bond donors (Lipinski definition) is 1. The van der Waals surface area contributed by atoms with Gasteiger partial charge in [-0.3, -0.25) is 0 Å². The van der Waals surface area contributed by atoms with Gasteiger partial charge in [-0.2, -0.15) is 4.98 Å². The quantitative estimate of drug-likeness (QED) is 0.769. The highest BCUT2D eigenvalue weighted by Gasteiger charge is 2.13. The first-order valence-corrected chi connectivity index (χ1v) is 7.36. The van der Waals surface area contributed by atoms with Crippen LogP contribution >= 0.6 is 11.3 Å². The number of hydrogen-bond acceptors (Lipinski definition) is 4. The van der Waals surface area contributed by atoms with Crippen molar-refractivity contribution in [3.63, 3.8) is 0 Å². The lowest BCUT2D eigenvalue weighted by atomic mass is 10.1. The van der Waals surface area contributed by atoms with Crippen molar-refractivity contribution in [2.24, 2.45) is 0 Å². The molecule has 0 spiro atoms. The maximum atomic E-state index is 4.49. The van der Waals surface area contributed by atoms with Crippen molar-refractivity contribution in [3.8, 4) is 0 Å². The Bertz CT molecular complexity index is 611. The van der Waals surface area contributed by atoms with Gasteiger partial charge in [0.1, 0.15) is 0 Å². The molecule has 0 radical (unpaired) electrons. The summed E-state index contributed by atoms with van der Waals surface area (Å²) >= 11 is 1.77. The number of nitrogens with one attached hydrogen (secondary N) is 1. The molecule has 0 aromatic carbocycles. The van der Waals surface area contributed by atoms with Crippen molar-refractivity contribution in [2.45, 2.75) is 25.8 Å². The zero-order chi connectivity index (χ0) is 13.1. The summed E-state index contributed by atoms with van der Waals surface area (Å²) in [6.07, 6.45) is 4.12. The molecule has 3 aromatic rings. The topological polar surface area (TPSA) is 42.2 Å². The van der Waals surface area contributed by atoms with E-state index in [-0.39, 0.29) is 0 Å². The summed E-state index contributed by atoms with van der Waals surface area (Å²) in [7, 11) is 0. The zero-order valence-corrected chi connectivity index (χ0v) is 11.6. The first kappa shape index (κ1) is 12.2. The summed E-state index contributed by atoms with van der Waals surface area (Å²) in [6, 6.07) is 10.4. The molecule has 19 heavy (non-hydrogen) atoms. The fourth-order valence-electron chi connectivity index (χ4n) is 2.11. The molecule has 5 heteroatoms. The number of nitrogens with zero attached hydrogens (tertiary/aromatic N) is 3. The first-order valence-electron chi connectivity index (χ1n) is 6.48. The van der Waals surface area contributed by atoms with Crippen LogP contribution in [-0.2, 0) is 0 Å². The Balaban J connectivity index is 1.85. The highest BCUT2D eigenvalue weighted by Crippen LogP contribution is 2.26. The third-order valence-electron chi connectivity index (χ3n) is 3.01. The minimum Gasteiger partial charge on any atom is -0.345 e. The van der Waals surface area contributed by atoms with Crippen LogP contribution in [0.2, 0.25) is 0 Å². The van der Waals surface area contributed by atoms with Gasteiger partial charge in [0.15, 0.2) is 5.65 Å². The number of rotatable bonds is 5. The van der Waals surface area contributed by atoms with Gasteiger partial charge in [-0.25, -0.2) is 4.52 Å². The van der Waals surface area contributed by atoms with E-state index < -0.39 is 0 Å². The Morgan fingerprint density at radius 1 is 1.32 bits per heavy atom. The van der Waals surface area contributed by atoms with E-state index >= 15 is 0 Å². The third kappa shape index (κ3) is 2.61. The molecule has 1 unspecified atom stereocenters. The van der Waals surface area contributed by atoms with Gasteiger partial charge in [0.2, 0.25) is 5.95 Å². The average Bonchev–Trinajstić information content (AvgIpc) is 3.07. The van der Waals surface area contributed by atoms with Crippen molar-refractivity contribution in [3.05, 3.63) is 46.8 Å². The summed E-state index contributed by atoms with van der Waals surface area (Å²) in [5.74, 6) is 0.693. The number of fused-ring (bicyclic) bond motifs is 1. The molecule has 0 saturated carbocycles. The first-order chi connectivity index (χ1) is 9.36. The Kier molecular flexibility index (Phi) is 3.46. The molecule has 0 aliphatic carbocycles. The Hall–Kier alpha value is -1.88. The van der Waals surface area contributed by atoms with Crippen LogP contribution in [0.25, 0.3) is 5.65 Å². The maximum absolute atomic E-state index is 4.49. The van der Waals surface area contributed by atoms with Gasteiger partial charge in [0.25, 0.3) is 0 Å². The Labute approximate surface area is 116 Å². The van der Waals surface area contributed by atoms with Crippen LogP contribution in [0.4, 0.5) is 5.95 Å². The van der Waals surface area contributed by atoms with Gasteiger partial charge in [-0.05, 0) is 30.0 Å². The van der Waals surface area contributed by atoms with Crippen LogP contribution in [0, 0.1) is 0 Å². The molecule has 3 rings (SSSR count). The molecule has 1 atom stereocenters. The van der Waals surface area contributed by atoms with E-state index in [0.29, 0.717) is 12.0 Å². The zero-order valence-electron chi connectivity index (χ0n) is 10.8. The van der Waals surface area contributed by atoms with E-state index in [4.69, 9.17) is 0 Å². The second-order valence-corrected chi connectivity index (χ2v) is 5.42. The molecule has 3 aromatic heterocycles. The lowest BCUT2D eigenvalue weighted by molar-refractivity contribution is 0.680. The highest BCUT2D eigenvalue weighted by atomic mass is 32.1. The highest BCUT2D eigenvalue weighted by molar-refractivity contribution is 7.10. The summed E-state index contributed by atoms with van der Waals surface area (Å²) < 4.78 is 1.79. The maximum Gasteiger partial charge on any atom is 0.243 e. The minimum absolute atomic E-state index is 0.294. The summed E-state index contributed by atoms with van der Waals surface area (Å²) in [5, 5.41) is 9.99. The van der Waals surface area contributed by atoms with Crippen molar-refractivity contribution in [1.29, 1.82) is 0 Å². The van der Waals surface area contributed by atoms with E-state index in [1.165, 1.54) is 4.88 Å². The molecule has 0 amide bonds.